The maximum atomic E-state index is 14.1. The van der Waals surface area contributed by atoms with E-state index in [0.29, 0.717) is 13.1 Å². The predicted octanol–water partition coefficient (Wildman–Crippen LogP) is 2.43. The first-order valence-electron chi connectivity index (χ1n) is 6.48. The molecule has 0 radical (unpaired) electrons. The van der Waals surface area contributed by atoms with Gasteiger partial charge in [0.05, 0.1) is 12.4 Å². The Morgan fingerprint density at radius 3 is 2.68 bits per heavy atom. The number of hydrogen-bond donors (Lipinski definition) is 2. The average molecular weight is 267 g/mol. The molecule has 1 aromatic carbocycles. The second-order valence-electron chi connectivity index (χ2n) is 5.10. The lowest BCUT2D eigenvalue weighted by Gasteiger charge is -2.34. The average Bonchev–Trinajstić information content (AvgIpc) is 2.39. The van der Waals surface area contributed by atoms with Gasteiger partial charge in [-0.3, -0.25) is 10.3 Å². The van der Waals surface area contributed by atoms with Crippen molar-refractivity contribution in [2.45, 2.75) is 18.8 Å². The van der Waals surface area contributed by atoms with Crippen molar-refractivity contribution >= 4 is 5.84 Å². The largest absolute Gasteiger partial charge is 0.387 e. The van der Waals surface area contributed by atoms with Crippen molar-refractivity contribution in [2.75, 3.05) is 19.6 Å². The van der Waals surface area contributed by atoms with Gasteiger partial charge in [0.15, 0.2) is 0 Å². The van der Waals surface area contributed by atoms with Gasteiger partial charge in [0.1, 0.15) is 0 Å². The van der Waals surface area contributed by atoms with E-state index in [0.717, 1.165) is 12.8 Å². The van der Waals surface area contributed by atoms with Crippen LogP contribution in [0.15, 0.2) is 30.3 Å². The van der Waals surface area contributed by atoms with Crippen LogP contribution in [0, 0.1) is 11.3 Å². The Morgan fingerprint density at radius 2 is 2.05 bits per heavy atom. The normalized spacial score (nSPS) is 21.3. The number of amidine groups is 1. The second-order valence-corrected chi connectivity index (χ2v) is 5.10. The summed E-state index contributed by atoms with van der Waals surface area (Å²) in [7, 11) is 0. The maximum absolute atomic E-state index is 14.1. The zero-order valence-corrected chi connectivity index (χ0v) is 10.8. The van der Waals surface area contributed by atoms with Crippen LogP contribution in [-0.4, -0.2) is 30.4 Å². The Balaban J connectivity index is 2.02. The zero-order chi connectivity index (χ0) is 13.9. The number of nitrogens with zero attached hydrogens (tertiary/aromatic N) is 1. The lowest BCUT2D eigenvalue weighted by molar-refractivity contribution is -0.0438. The highest BCUT2D eigenvalue weighted by Crippen LogP contribution is 2.30. The number of benzene rings is 1. The third-order valence-electron chi connectivity index (χ3n) is 3.56. The molecule has 1 saturated heterocycles. The second kappa shape index (κ2) is 5.65. The Kier molecular flexibility index (Phi) is 4.14. The minimum atomic E-state index is -2.86. The third-order valence-corrected chi connectivity index (χ3v) is 3.56. The lowest BCUT2D eigenvalue weighted by Crippen LogP contribution is -2.45. The first-order chi connectivity index (χ1) is 8.99. The number of nitrogens with one attached hydrogen (secondary N) is 1. The van der Waals surface area contributed by atoms with Crippen LogP contribution >= 0.6 is 0 Å². The van der Waals surface area contributed by atoms with E-state index >= 15 is 0 Å². The smallest absolute Gasteiger partial charge is 0.285 e. The molecular weight excluding hydrogens is 248 g/mol. The predicted molar refractivity (Wildman–Crippen MR) is 71.4 cm³/mol. The van der Waals surface area contributed by atoms with E-state index < -0.39 is 5.92 Å². The molecule has 0 aliphatic carbocycles. The number of alkyl halides is 2. The molecule has 1 fully saturated rings. The molecule has 0 bridgehead atoms. The van der Waals surface area contributed by atoms with Crippen LogP contribution < -0.4 is 5.73 Å². The van der Waals surface area contributed by atoms with Crippen LogP contribution in [0.4, 0.5) is 8.78 Å². The van der Waals surface area contributed by atoms with Gasteiger partial charge in [0.2, 0.25) is 0 Å². The van der Waals surface area contributed by atoms with Crippen molar-refractivity contribution in [3.05, 3.63) is 35.9 Å². The molecule has 19 heavy (non-hydrogen) atoms. The molecule has 1 aromatic rings. The lowest BCUT2D eigenvalue weighted by atomic mass is 9.96. The zero-order valence-electron chi connectivity index (χ0n) is 10.8. The molecule has 0 saturated carbocycles. The Labute approximate surface area is 111 Å². The summed E-state index contributed by atoms with van der Waals surface area (Å²) in [6, 6.07) is 7.88. The van der Waals surface area contributed by atoms with E-state index in [1.165, 1.54) is 12.1 Å². The standard InChI is InChI=1S/C14H19F2N3/c15-14(16,12-6-2-1-3-7-12)10-19-8-4-5-11(9-19)13(17)18/h1-3,6-7,11H,4-5,8-10H2,(H3,17,18). The quantitative estimate of drug-likeness (QED) is 0.650. The van der Waals surface area contributed by atoms with Crippen LogP contribution in [0.3, 0.4) is 0 Å². The van der Waals surface area contributed by atoms with E-state index in [2.05, 4.69) is 0 Å². The molecule has 0 aromatic heterocycles. The highest BCUT2D eigenvalue weighted by atomic mass is 19.3. The molecule has 1 aliphatic rings. The van der Waals surface area contributed by atoms with Crippen LogP contribution in [0.5, 0.6) is 0 Å². The molecule has 0 spiro atoms. The van der Waals surface area contributed by atoms with E-state index in [4.69, 9.17) is 11.1 Å². The van der Waals surface area contributed by atoms with Gasteiger partial charge in [0.25, 0.3) is 5.92 Å². The summed E-state index contributed by atoms with van der Waals surface area (Å²) >= 11 is 0. The molecule has 3 nitrogen and oxygen atoms in total. The summed E-state index contributed by atoms with van der Waals surface area (Å²) in [5.41, 5.74) is 5.52. The van der Waals surface area contributed by atoms with Crippen molar-refractivity contribution in [3.63, 3.8) is 0 Å². The van der Waals surface area contributed by atoms with Crippen molar-refractivity contribution in [2.24, 2.45) is 11.7 Å². The molecule has 104 valence electrons. The van der Waals surface area contributed by atoms with E-state index in [9.17, 15) is 8.78 Å². The van der Waals surface area contributed by atoms with Gasteiger partial charge in [-0.25, -0.2) is 0 Å². The van der Waals surface area contributed by atoms with Crippen molar-refractivity contribution in [1.29, 1.82) is 5.41 Å². The van der Waals surface area contributed by atoms with E-state index in [1.807, 2.05) is 0 Å². The van der Waals surface area contributed by atoms with Gasteiger partial charge in [-0.1, -0.05) is 30.3 Å². The van der Waals surface area contributed by atoms with Gasteiger partial charge < -0.3 is 5.73 Å². The van der Waals surface area contributed by atoms with E-state index in [1.54, 1.807) is 23.1 Å². The van der Waals surface area contributed by atoms with E-state index in [-0.39, 0.29) is 23.9 Å². The summed E-state index contributed by atoms with van der Waals surface area (Å²) in [4.78, 5) is 1.71. The highest BCUT2D eigenvalue weighted by molar-refractivity contribution is 5.79. The molecule has 5 heteroatoms. The van der Waals surface area contributed by atoms with Crippen LogP contribution in [0.25, 0.3) is 0 Å². The highest BCUT2D eigenvalue weighted by Gasteiger charge is 2.35. The number of rotatable bonds is 4. The summed E-state index contributed by atoms with van der Waals surface area (Å²) in [5, 5.41) is 7.44. The van der Waals surface area contributed by atoms with Gasteiger partial charge >= 0.3 is 0 Å². The topological polar surface area (TPSA) is 53.1 Å². The summed E-state index contributed by atoms with van der Waals surface area (Å²) in [5.74, 6) is -2.84. The van der Waals surface area contributed by atoms with Gasteiger partial charge in [-0.2, -0.15) is 8.78 Å². The van der Waals surface area contributed by atoms with Crippen molar-refractivity contribution < 1.29 is 8.78 Å². The molecule has 2 rings (SSSR count). The number of hydrogen-bond acceptors (Lipinski definition) is 2. The molecule has 3 N–H and O–H groups in total. The van der Waals surface area contributed by atoms with Gasteiger partial charge in [-0.15, -0.1) is 0 Å². The van der Waals surface area contributed by atoms with Gasteiger partial charge in [0, 0.05) is 18.0 Å². The fourth-order valence-electron chi connectivity index (χ4n) is 2.51. The molecule has 0 amide bonds. The SMILES string of the molecule is N=C(N)C1CCCN(CC(F)(F)c2ccccc2)C1. The molecule has 1 atom stereocenters. The molecule has 1 unspecified atom stereocenters. The summed E-state index contributed by atoms with van der Waals surface area (Å²) in [6.45, 7) is 0.796. The maximum Gasteiger partial charge on any atom is 0.285 e. The van der Waals surface area contributed by atoms with Crippen LogP contribution in [-0.2, 0) is 5.92 Å². The Hall–Kier alpha value is -1.49. The first-order valence-corrected chi connectivity index (χ1v) is 6.48. The van der Waals surface area contributed by atoms with Crippen molar-refractivity contribution in [3.8, 4) is 0 Å². The summed E-state index contributed by atoms with van der Waals surface area (Å²) in [6.07, 6.45) is 1.64. The van der Waals surface area contributed by atoms with Crippen LogP contribution in [0.1, 0.15) is 18.4 Å². The monoisotopic (exact) mass is 267 g/mol. The molecule has 1 heterocycles. The van der Waals surface area contributed by atoms with Gasteiger partial charge in [-0.05, 0) is 19.4 Å². The molecule has 1 aliphatic heterocycles. The van der Waals surface area contributed by atoms with Crippen LogP contribution in [0.2, 0.25) is 0 Å². The fraction of sp³-hybridized carbons (Fsp3) is 0.500. The molecular formula is C14H19F2N3. The minimum Gasteiger partial charge on any atom is -0.387 e. The summed E-state index contributed by atoms with van der Waals surface area (Å²) < 4.78 is 28.3. The van der Waals surface area contributed by atoms with Crippen molar-refractivity contribution in [1.82, 2.24) is 4.90 Å². The fourth-order valence-corrected chi connectivity index (χ4v) is 2.51. The minimum absolute atomic E-state index is 0.0416. The first kappa shape index (κ1) is 13.9. The third kappa shape index (κ3) is 3.50. The Bertz CT molecular complexity index is 434. The number of halogens is 2. The number of piperidine rings is 1. The number of nitrogens with two attached hydrogens (primary N) is 1. The number of likely N-dealkylation sites (tertiary alicyclic amines) is 1. The Morgan fingerprint density at radius 1 is 1.37 bits per heavy atom.